The number of fused-ring (bicyclic) bond motifs is 3. The minimum absolute atomic E-state index is 0.0257. The summed E-state index contributed by atoms with van der Waals surface area (Å²) in [5.41, 5.74) is 0.627. The number of hydrogen-bond acceptors (Lipinski definition) is 5. The second kappa shape index (κ2) is 7.46. The van der Waals surface area contributed by atoms with Gasteiger partial charge >= 0.3 is 0 Å². The van der Waals surface area contributed by atoms with Gasteiger partial charge in [-0.25, -0.2) is 8.42 Å². The Bertz CT molecular complexity index is 1450. The van der Waals surface area contributed by atoms with Gasteiger partial charge in [-0.2, -0.15) is 4.98 Å². The van der Waals surface area contributed by atoms with Crippen molar-refractivity contribution in [1.29, 1.82) is 0 Å². The fraction of sp³-hybridized carbons (Fsp3) is 0.100. The van der Waals surface area contributed by atoms with Crippen molar-refractivity contribution in [3.8, 4) is 5.75 Å². The second-order valence-corrected chi connectivity index (χ2v) is 9.24. The molecule has 0 aliphatic heterocycles. The molecule has 154 valence electrons. The van der Waals surface area contributed by atoms with Crippen molar-refractivity contribution in [2.75, 3.05) is 18.5 Å². The maximum atomic E-state index is 13.2. The van der Waals surface area contributed by atoms with E-state index in [2.05, 4.69) is 4.98 Å². The van der Waals surface area contributed by atoms with Gasteiger partial charge in [0.1, 0.15) is 16.3 Å². The fourth-order valence-electron chi connectivity index (χ4n) is 3.10. The molecule has 4 rings (SSSR count). The minimum Gasteiger partial charge on any atom is -0.497 e. The van der Waals surface area contributed by atoms with E-state index < -0.39 is 15.6 Å². The standard InChI is InChI=1S/C20H15Cl2N3O4S/c1-24(13-4-6-14(29-2)7-5-13)30(27,28)18-9-15-17(10-16(18)22)25-11-12(21)3-8-19(25)23-20(15)26/h3-11H,1-2H3. The molecule has 0 bridgehead atoms. The van der Waals surface area contributed by atoms with Crippen LogP contribution in [-0.4, -0.2) is 32.0 Å². The molecular weight excluding hydrogens is 449 g/mol. The number of ether oxygens (including phenoxy) is 1. The number of methoxy groups -OCH3 is 1. The van der Waals surface area contributed by atoms with Gasteiger partial charge in [-0.05, 0) is 48.5 Å². The first kappa shape index (κ1) is 20.5. The van der Waals surface area contributed by atoms with Crippen LogP contribution >= 0.6 is 23.2 Å². The van der Waals surface area contributed by atoms with Crippen molar-refractivity contribution >= 4 is 55.5 Å². The lowest BCUT2D eigenvalue weighted by atomic mass is 10.2. The first-order valence-electron chi connectivity index (χ1n) is 8.66. The number of anilines is 1. The molecule has 10 heteroatoms. The highest BCUT2D eigenvalue weighted by atomic mass is 35.5. The molecule has 0 amide bonds. The first-order valence-corrected chi connectivity index (χ1v) is 10.9. The zero-order chi connectivity index (χ0) is 21.6. The van der Waals surface area contributed by atoms with E-state index in [-0.39, 0.29) is 15.3 Å². The average Bonchev–Trinajstić information content (AvgIpc) is 2.73. The highest BCUT2D eigenvalue weighted by molar-refractivity contribution is 7.93. The number of sulfonamides is 1. The van der Waals surface area contributed by atoms with E-state index in [1.807, 2.05) is 0 Å². The summed E-state index contributed by atoms with van der Waals surface area (Å²) in [7, 11) is -1.13. The maximum Gasteiger partial charge on any atom is 0.281 e. The molecule has 0 aliphatic rings. The molecule has 0 fully saturated rings. The van der Waals surface area contributed by atoms with Crippen LogP contribution in [0, 0.1) is 0 Å². The number of hydrogen-bond donors (Lipinski definition) is 0. The van der Waals surface area contributed by atoms with Gasteiger partial charge in [-0.1, -0.05) is 23.2 Å². The topological polar surface area (TPSA) is 81.0 Å². The number of halogens is 2. The lowest BCUT2D eigenvalue weighted by Crippen LogP contribution is -2.27. The van der Waals surface area contributed by atoms with E-state index in [9.17, 15) is 13.2 Å². The summed E-state index contributed by atoms with van der Waals surface area (Å²) in [6, 6.07) is 12.4. The van der Waals surface area contributed by atoms with Gasteiger partial charge in [-0.15, -0.1) is 0 Å². The SMILES string of the molecule is COc1ccc(N(C)S(=O)(=O)c2cc3c(=O)nc4ccc(Cl)cn4c3cc2Cl)cc1. The predicted octanol–water partition coefficient (Wildman–Crippen LogP) is 3.99. The van der Waals surface area contributed by atoms with Crippen molar-refractivity contribution in [3.63, 3.8) is 0 Å². The summed E-state index contributed by atoms with van der Waals surface area (Å²) in [6.45, 7) is 0. The Balaban J connectivity index is 1.91. The normalized spacial score (nSPS) is 11.7. The molecule has 0 aliphatic carbocycles. The molecule has 0 radical (unpaired) electrons. The third-order valence-electron chi connectivity index (χ3n) is 4.72. The number of rotatable bonds is 4. The minimum atomic E-state index is -4.05. The second-order valence-electron chi connectivity index (χ2n) is 6.46. The van der Waals surface area contributed by atoms with Crippen molar-refractivity contribution in [1.82, 2.24) is 9.38 Å². The van der Waals surface area contributed by atoms with E-state index in [1.165, 1.54) is 26.3 Å². The number of benzene rings is 2. The molecule has 0 atom stereocenters. The molecule has 2 aromatic heterocycles. The largest absolute Gasteiger partial charge is 0.497 e. The lowest BCUT2D eigenvalue weighted by Gasteiger charge is -2.21. The zero-order valence-corrected chi connectivity index (χ0v) is 18.2. The van der Waals surface area contributed by atoms with Gasteiger partial charge < -0.3 is 4.74 Å². The Morgan fingerprint density at radius 1 is 1.07 bits per heavy atom. The van der Waals surface area contributed by atoms with Crippen LogP contribution in [0.15, 0.2) is 64.4 Å². The van der Waals surface area contributed by atoms with Crippen molar-refractivity contribution in [2.45, 2.75) is 4.90 Å². The summed E-state index contributed by atoms with van der Waals surface area (Å²) < 4.78 is 34.3. The maximum absolute atomic E-state index is 13.2. The van der Waals surface area contributed by atoms with Gasteiger partial charge in [0.25, 0.3) is 15.6 Å². The van der Waals surface area contributed by atoms with E-state index in [1.54, 1.807) is 47.0 Å². The van der Waals surface area contributed by atoms with Crippen LogP contribution in [0.25, 0.3) is 16.6 Å². The van der Waals surface area contributed by atoms with Gasteiger partial charge in [0, 0.05) is 13.2 Å². The molecule has 0 unspecified atom stereocenters. The molecule has 2 heterocycles. The van der Waals surface area contributed by atoms with Gasteiger partial charge in [0.2, 0.25) is 0 Å². The van der Waals surface area contributed by atoms with Crippen LogP contribution < -0.4 is 14.6 Å². The van der Waals surface area contributed by atoms with Crippen LogP contribution in [0.4, 0.5) is 5.69 Å². The van der Waals surface area contributed by atoms with E-state index >= 15 is 0 Å². The molecule has 0 saturated carbocycles. The van der Waals surface area contributed by atoms with Crippen molar-refractivity contribution < 1.29 is 13.2 Å². The predicted molar refractivity (Wildman–Crippen MR) is 118 cm³/mol. The number of aromatic nitrogens is 2. The van der Waals surface area contributed by atoms with Crippen LogP contribution in [-0.2, 0) is 10.0 Å². The number of nitrogens with zero attached hydrogens (tertiary/aromatic N) is 3. The number of pyridine rings is 1. The quantitative estimate of drug-likeness (QED) is 0.427. The van der Waals surface area contributed by atoms with E-state index in [4.69, 9.17) is 27.9 Å². The van der Waals surface area contributed by atoms with Crippen molar-refractivity contribution in [2.24, 2.45) is 0 Å². The fourth-order valence-corrected chi connectivity index (χ4v) is 4.98. The summed E-state index contributed by atoms with van der Waals surface area (Å²) in [5, 5.41) is 0.518. The molecule has 0 saturated heterocycles. The summed E-state index contributed by atoms with van der Waals surface area (Å²) in [4.78, 5) is 16.4. The third kappa shape index (κ3) is 3.36. The van der Waals surface area contributed by atoms with Crippen molar-refractivity contribution in [3.05, 3.63) is 75.1 Å². The molecule has 7 nitrogen and oxygen atoms in total. The Labute approximate surface area is 182 Å². The average molecular weight is 464 g/mol. The first-order chi connectivity index (χ1) is 14.2. The van der Waals surface area contributed by atoms with Gasteiger partial charge in [0.05, 0.1) is 33.7 Å². The molecule has 4 aromatic rings. The molecule has 0 N–H and O–H groups in total. The molecule has 0 spiro atoms. The monoisotopic (exact) mass is 463 g/mol. The van der Waals surface area contributed by atoms with Crippen LogP contribution in [0.3, 0.4) is 0 Å². The summed E-state index contributed by atoms with van der Waals surface area (Å²) >= 11 is 12.4. The molecular formula is C20H15Cl2N3O4S. The molecule has 30 heavy (non-hydrogen) atoms. The Kier molecular flexibility index (Phi) is 5.09. The zero-order valence-electron chi connectivity index (χ0n) is 15.8. The molecule has 2 aromatic carbocycles. The Hall–Kier alpha value is -2.81. The third-order valence-corrected chi connectivity index (χ3v) is 7.20. The Morgan fingerprint density at radius 3 is 2.43 bits per heavy atom. The van der Waals surface area contributed by atoms with Gasteiger partial charge in [-0.3, -0.25) is 13.5 Å². The van der Waals surface area contributed by atoms with E-state index in [0.29, 0.717) is 27.6 Å². The van der Waals surface area contributed by atoms with Crippen LogP contribution in [0.2, 0.25) is 10.0 Å². The lowest BCUT2D eigenvalue weighted by molar-refractivity contribution is 0.415. The Morgan fingerprint density at radius 2 is 1.77 bits per heavy atom. The van der Waals surface area contributed by atoms with E-state index in [0.717, 1.165) is 4.31 Å². The highest BCUT2D eigenvalue weighted by Gasteiger charge is 2.26. The van der Waals surface area contributed by atoms with Crippen LogP contribution in [0.1, 0.15) is 0 Å². The van der Waals surface area contributed by atoms with Gasteiger partial charge in [0.15, 0.2) is 0 Å². The highest BCUT2D eigenvalue weighted by Crippen LogP contribution is 2.31. The van der Waals surface area contributed by atoms with Crippen LogP contribution in [0.5, 0.6) is 5.75 Å². The summed E-state index contributed by atoms with van der Waals surface area (Å²) in [6.07, 6.45) is 1.58. The smallest absolute Gasteiger partial charge is 0.281 e. The summed E-state index contributed by atoms with van der Waals surface area (Å²) in [5.74, 6) is 0.595.